The van der Waals surface area contributed by atoms with Crippen molar-refractivity contribution in [2.75, 3.05) is 16.8 Å². The van der Waals surface area contributed by atoms with Crippen LogP contribution in [0.1, 0.15) is 12.5 Å². The number of alkyl halides is 2. The summed E-state index contributed by atoms with van der Waals surface area (Å²) >= 11 is 0. The summed E-state index contributed by atoms with van der Waals surface area (Å²) in [6.45, 7) is -0.386. The molecule has 126 valence electrons. The molecule has 0 saturated carbocycles. The molecule has 0 spiro atoms. The summed E-state index contributed by atoms with van der Waals surface area (Å²) in [5.41, 5.74) is 2.48. The summed E-state index contributed by atoms with van der Waals surface area (Å²) in [7, 11) is 0. The van der Waals surface area contributed by atoms with Crippen molar-refractivity contribution in [3.8, 4) is 5.75 Å². The second-order valence-corrected chi connectivity index (χ2v) is 5.61. The number of nitrogens with one attached hydrogen (secondary N) is 1. The molecule has 1 aliphatic rings. The quantitative estimate of drug-likeness (QED) is 0.908. The number of rotatable bonds is 5. The fourth-order valence-electron chi connectivity index (χ4n) is 2.91. The van der Waals surface area contributed by atoms with E-state index in [4.69, 9.17) is 0 Å². The second-order valence-electron chi connectivity index (χ2n) is 5.61. The first-order valence-corrected chi connectivity index (χ1v) is 7.75. The van der Waals surface area contributed by atoms with Crippen LogP contribution in [0.2, 0.25) is 0 Å². The van der Waals surface area contributed by atoms with Crippen molar-refractivity contribution < 1.29 is 18.3 Å². The van der Waals surface area contributed by atoms with Crippen LogP contribution in [0.15, 0.2) is 48.5 Å². The maximum atomic E-state index is 12.6. The van der Waals surface area contributed by atoms with Gasteiger partial charge in [0.1, 0.15) is 11.8 Å². The van der Waals surface area contributed by atoms with Gasteiger partial charge in [0.15, 0.2) is 0 Å². The van der Waals surface area contributed by atoms with E-state index < -0.39 is 12.7 Å². The molecular weight excluding hydrogens is 314 g/mol. The molecule has 2 aromatic rings. The average molecular weight is 332 g/mol. The minimum Gasteiger partial charge on any atom is -0.433 e. The number of para-hydroxylation sites is 3. The Morgan fingerprint density at radius 2 is 1.88 bits per heavy atom. The molecule has 1 heterocycles. The van der Waals surface area contributed by atoms with Crippen LogP contribution in [0.3, 0.4) is 0 Å². The Labute approximate surface area is 139 Å². The number of fused-ring (bicyclic) bond motifs is 1. The van der Waals surface area contributed by atoms with E-state index in [2.05, 4.69) is 10.1 Å². The van der Waals surface area contributed by atoms with Gasteiger partial charge in [-0.15, -0.1) is 0 Å². The first kappa shape index (κ1) is 16.2. The van der Waals surface area contributed by atoms with E-state index in [1.54, 1.807) is 25.1 Å². The van der Waals surface area contributed by atoms with Crippen LogP contribution in [0.5, 0.6) is 5.75 Å². The predicted molar refractivity (Wildman–Crippen MR) is 88.7 cm³/mol. The summed E-state index contributed by atoms with van der Waals surface area (Å²) in [6.07, 6.45) is 0.888. The highest BCUT2D eigenvalue weighted by atomic mass is 19.3. The highest BCUT2D eigenvalue weighted by Crippen LogP contribution is 2.30. The van der Waals surface area contributed by atoms with E-state index in [-0.39, 0.29) is 17.3 Å². The van der Waals surface area contributed by atoms with Crippen molar-refractivity contribution in [2.24, 2.45) is 0 Å². The molecule has 4 nitrogen and oxygen atoms in total. The number of nitrogens with zero attached hydrogens (tertiary/aromatic N) is 1. The van der Waals surface area contributed by atoms with Gasteiger partial charge in [-0.2, -0.15) is 8.78 Å². The van der Waals surface area contributed by atoms with Crippen molar-refractivity contribution >= 4 is 17.3 Å². The lowest BCUT2D eigenvalue weighted by atomic mass is 10.1. The Balaban J connectivity index is 1.74. The van der Waals surface area contributed by atoms with Gasteiger partial charge in [0.25, 0.3) is 0 Å². The highest BCUT2D eigenvalue weighted by molar-refractivity contribution is 5.98. The van der Waals surface area contributed by atoms with E-state index in [1.165, 1.54) is 11.6 Å². The van der Waals surface area contributed by atoms with Gasteiger partial charge in [-0.05, 0) is 37.1 Å². The summed E-state index contributed by atoms with van der Waals surface area (Å²) in [5.74, 6) is -0.313. The number of carbonyl (C=O) groups is 1. The minimum atomic E-state index is -2.94. The van der Waals surface area contributed by atoms with Crippen LogP contribution in [-0.4, -0.2) is 25.1 Å². The Morgan fingerprint density at radius 1 is 1.17 bits per heavy atom. The standard InChI is InChI=1S/C18H18F2N2O2/c1-12(22-11-10-13-6-2-4-8-15(13)22)17(23)21-14-7-3-5-9-16(14)24-18(19)20/h2-9,12,18H,10-11H2,1H3,(H,21,23)/t12-/m0/s1. The van der Waals surface area contributed by atoms with Gasteiger partial charge in [-0.3, -0.25) is 4.79 Å². The van der Waals surface area contributed by atoms with Crippen molar-refractivity contribution in [3.05, 3.63) is 54.1 Å². The number of anilines is 2. The smallest absolute Gasteiger partial charge is 0.387 e. The van der Waals surface area contributed by atoms with E-state index in [9.17, 15) is 13.6 Å². The SMILES string of the molecule is C[C@@H](C(=O)Nc1ccccc1OC(F)F)N1CCc2ccccc21. The Kier molecular flexibility index (Phi) is 4.64. The zero-order valence-electron chi connectivity index (χ0n) is 13.2. The van der Waals surface area contributed by atoms with Gasteiger partial charge in [0, 0.05) is 12.2 Å². The number of benzene rings is 2. The van der Waals surface area contributed by atoms with Gasteiger partial charge >= 0.3 is 6.61 Å². The molecule has 3 rings (SSSR count). The van der Waals surface area contributed by atoms with Gasteiger partial charge in [-0.1, -0.05) is 30.3 Å². The first-order valence-electron chi connectivity index (χ1n) is 7.75. The van der Waals surface area contributed by atoms with Gasteiger partial charge in [-0.25, -0.2) is 0 Å². The van der Waals surface area contributed by atoms with Gasteiger partial charge in [0.05, 0.1) is 5.69 Å². The molecule has 1 aliphatic heterocycles. The topological polar surface area (TPSA) is 41.6 Å². The van der Waals surface area contributed by atoms with Crippen molar-refractivity contribution in [3.63, 3.8) is 0 Å². The molecule has 0 radical (unpaired) electrons. The van der Waals surface area contributed by atoms with Gasteiger partial charge < -0.3 is 15.0 Å². The molecule has 6 heteroatoms. The maximum absolute atomic E-state index is 12.6. The van der Waals surface area contributed by atoms with E-state index in [0.717, 1.165) is 18.7 Å². The molecule has 0 bridgehead atoms. The van der Waals surface area contributed by atoms with Crippen LogP contribution in [0, 0.1) is 0 Å². The fraction of sp³-hybridized carbons (Fsp3) is 0.278. The van der Waals surface area contributed by atoms with E-state index in [0.29, 0.717) is 0 Å². The molecule has 2 aromatic carbocycles. The molecule has 0 aromatic heterocycles. The zero-order valence-corrected chi connectivity index (χ0v) is 13.2. The Bertz CT molecular complexity index is 736. The van der Waals surface area contributed by atoms with Crippen LogP contribution in [-0.2, 0) is 11.2 Å². The normalized spacial score (nSPS) is 14.4. The van der Waals surface area contributed by atoms with Gasteiger partial charge in [0.2, 0.25) is 5.91 Å². The number of ether oxygens (including phenoxy) is 1. The molecule has 0 aliphatic carbocycles. The number of amides is 1. The summed E-state index contributed by atoms with van der Waals surface area (Å²) in [6, 6.07) is 13.7. The molecular formula is C18H18F2N2O2. The van der Waals surface area contributed by atoms with Crippen molar-refractivity contribution in [1.29, 1.82) is 0 Å². The maximum Gasteiger partial charge on any atom is 0.387 e. The number of hydrogen-bond acceptors (Lipinski definition) is 3. The Morgan fingerprint density at radius 3 is 2.67 bits per heavy atom. The molecule has 1 atom stereocenters. The second kappa shape index (κ2) is 6.86. The van der Waals surface area contributed by atoms with Crippen molar-refractivity contribution in [2.45, 2.75) is 26.0 Å². The number of halogens is 2. The van der Waals surface area contributed by atoms with Crippen LogP contribution < -0.4 is 15.0 Å². The largest absolute Gasteiger partial charge is 0.433 e. The highest BCUT2D eigenvalue weighted by Gasteiger charge is 2.27. The fourth-order valence-corrected chi connectivity index (χ4v) is 2.91. The average Bonchev–Trinajstić information content (AvgIpc) is 2.99. The summed E-state index contributed by atoms with van der Waals surface area (Å²) < 4.78 is 29.4. The summed E-state index contributed by atoms with van der Waals surface area (Å²) in [4.78, 5) is 14.6. The zero-order chi connectivity index (χ0) is 17.1. The number of hydrogen-bond donors (Lipinski definition) is 1. The lowest BCUT2D eigenvalue weighted by molar-refractivity contribution is -0.117. The molecule has 0 fully saturated rings. The molecule has 24 heavy (non-hydrogen) atoms. The molecule has 0 unspecified atom stereocenters. The summed E-state index contributed by atoms with van der Waals surface area (Å²) in [5, 5.41) is 2.68. The van der Waals surface area contributed by atoms with Crippen LogP contribution in [0.25, 0.3) is 0 Å². The monoisotopic (exact) mass is 332 g/mol. The lowest BCUT2D eigenvalue weighted by Crippen LogP contribution is -2.41. The predicted octanol–water partition coefficient (Wildman–Crippen LogP) is 3.68. The molecule has 1 amide bonds. The van der Waals surface area contributed by atoms with Crippen molar-refractivity contribution in [1.82, 2.24) is 0 Å². The third kappa shape index (κ3) is 3.32. The third-order valence-electron chi connectivity index (χ3n) is 4.13. The minimum absolute atomic E-state index is 0.0464. The molecule has 0 saturated heterocycles. The lowest BCUT2D eigenvalue weighted by Gasteiger charge is -2.26. The number of carbonyl (C=O) groups excluding carboxylic acids is 1. The first-order chi connectivity index (χ1) is 11.6. The van der Waals surface area contributed by atoms with Crippen LogP contribution >= 0.6 is 0 Å². The van der Waals surface area contributed by atoms with E-state index in [1.807, 2.05) is 29.2 Å². The molecule has 1 N–H and O–H groups in total. The van der Waals surface area contributed by atoms with E-state index >= 15 is 0 Å². The third-order valence-corrected chi connectivity index (χ3v) is 4.13. The Hall–Kier alpha value is -2.63. The van der Waals surface area contributed by atoms with Crippen LogP contribution in [0.4, 0.5) is 20.2 Å².